The van der Waals surface area contributed by atoms with Gasteiger partial charge in [-0.2, -0.15) is 4.98 Å². The largest absolute Gasteiger partial charge is 0.369 e. The number of aryl methyl sites for hydroxylation is 2. The van der Waals surface area contributed by atoms with E-state index in [9.17, 15) is 4.79 Å². The first-order valence-corrected chi connectivity index (χ1v) is 14.7. The molecule has 2 aromatic heterocycles. The van der Waals surface area contributed by atoms with Crippen LogP contribution in [0.5, 0.6) is 0 Å². The fourth-order valence-electron chi connectivity index (χ4n) is 6.19. The monoisotopic (exact) mass is 513 g/mol. The molecule has 2 aromatic rings. The number of nitrogens with zero attached hydrogens (tertiary/aromatic N) is 5. The van der Waals surface area contributed by atoms with Crippen molar-refractivity contribution >= 4 is 39.2 Å². The minimum Gasteiger partial charge on any atom is -0.369 e. The number of carbonyl (C=O) groups excluding carboxylic acids is 1. The van der Waals surface area contributed by atoms with Crippen molar-refractivity contribution < 1.29 is 4.79 Å². The number of aromatic nitrogens is 2. The zero-order chi connectivity index (χ0) is 25.2. The molecule has 0 aromatic carbocycles. The summed E-state index contributed by atoms with van der Waals surface area (Å²) in [6, 6.07) is 0.758. The van der Waals surface area contributed by atoms with E-state index in [1.165, 1.54) is 60.9 Å². The van der Waals surface area contributed by atoms with Gasteiger partial charge in [0, 0.05) is 37.1 Å². The summed E-state index contributed by atoms with van der Waals surface area (Å²) >= 11 is 1.75. The Morgan fingerprint density at radius 2 is 1.83 bits per heavy atom. The second-order valence-electron chi connectivity index (χ2n) is 11.2. The van der Waals surface area contributed by atoms with Gasteiger partial charge in [0.15, 0.2) is 0 Å². The van der Waals surface area contributed by atoms with Crippen molar-refractivity contribution in [3.63, 3.8) is 0 Å². The average molecular weight is 514 g/mol. The van der Waals surface area contributed by atoms with Crippen LogP contribution < -0.4 is 20.9 Å². The lowest BCUT2D eigenvalue weighted by Gasteiger charge is -2.34. The molecule has 5 heterocycles. The summed E-state index contributed by atoms with van der Waals surface area (Å²) < 4.78 is 0. The number of rotatable bonds is 8. The second kappa shape index (κ2) is 11.2. The Kier molecular flexibility index (Phi) is 7.98. The van der Waals surface area contributed by atoms with Crippen molar-refractivity contribution in [3.05, 3.63) is 10.4 Å². The van der Waals surface area contributed by atoms with Gasteiger partial charge in [-0.1, -0.05) is 6.42 Å². The number of piperidine rings is 2. The summed E-state index contributed by atoms with van der Waals surface area (Å²) in [5.74, 6) is 2.22. The molecule has 0 saturated carbocycles. The van der Waals surface area contributed by atoms with Crippen molar-refractivity contribution in [1.82, 2.24) is 20.2 Å². The molecule has 3 saturated heterocycles. The van der Waals surface area contributed by atoms with E-state index < -0.39 is 0 Å². The molecule has 0 aliphatic carbocycles. The van der Waals surface area contributed by atoms with Gasteiger partial charge in [0.1, 0.15) is 10.6 Å². The van der Waals surface area contributed by atoms with Gasteiger partial charge < -0.3 is 25.8 Å². The van der Waals surface area contributed by atoms with E-state index in [2.05, 4.69) is 40.9 Å². The molecule has 2 unspecified atom stereocenters. The van der Waals surface area contributed by atoms with Crippen LogP contribution in [0.25, 0.3) is 10.2 Å². The zero-order valence-corrected chi connectivity index (χ0v) is 23.1. The molecule has 3 aliphatic rings. The number of hydrogen-bond acceptors (Lipinski definition) is 8. The Morgan fingerprint density at radius 1 is 1.06 bits per heavy atom. The quantitative estimate of drug-likeness (QED) is 0.524. The molecular weight excluding hydrogens is 470 g/mol. The summed E-state index contributed by atoms with van der Waals surface area (Å²) in [6.45, 7) is 11.3. The van der Waals surface area contributed by atoms with E-state index in [4.69, 9.17) is 15.7 Å². The SMILES string of the molecule is Cc1sc2nc(N3CCC(C(N)=O)C3)nc(N3CCC(CNCCC4CCCCN4C)CC3)c2c1C. The molecule has 36 heavy (non-hydrogen) atoms. The van der Waals surface area contributed by atoms with Gasteiger partial charge in [-0.3, -0.25) is 4.79 Å². The Hall–Kier alpha value is -1.97. The van der Waals surface area contributed by atoms with Crippen LogP contribution in [0.4, 0.5) is 11.8 Å². The molecular formula is C27H43N7OS. The number of primary amides is 1. The Bertz CT molecular complexity index is 1060. The summed E-state index contributed by atoms with van der Waals surface area (Å²) in [6.07, 6.45) is 8.52. The fourth-order valence-corrected chi connectivity index (χ4v) is 7.21. The van der Waals surface area contributed by atoms with Crippen LogP contribution in [0.3, 0.4) is 0 Å². The van der Waals surface area contributed by atoms with E-state index in [-0.39, 0.29) is 11.8 Å². The van der Waals surface area contributed by atoms with Crippen LogP contribution in [0.15, 0.2) is 0 Å². The lowest BCUT2D eigenvalue weighted by molar-refractivity contribution is -0.121. The lowest BCUT2D eigenvalue weighted by Crippen LogP contribution is -2.40. The number of carbonyl (C=O) groups is 1. The van der Waals surface area contributed by atoms with Gasteiger partial charge in [-0.05, 0) is 90.5 Å². The number of fused-ring (bicyclic) bond motifs is 1. The molecule has 0 bridgehead atoms. The predicted molar refractivity (Wildman–Crippen MR) is 149 cm³/mol. The van der Waals surface area contributed by atoms with E-state index >= 15 is 0 Å². The number of hydrogen-bond donors (Lipinski definition) is 2. The van der Waals surface area contributed by atoms with Gasteiger partial charge in [0.05, 0.1) is 11.3 Å². The highest BCUT2D eigenvalue weighted by atomic mass is 32.1. The molecule has 9 heteroatoms. The number of likely N-dealkylation sites (tertiary alicyclic amines) is 1. The van der Waals surface area contributed by atoms with Crippen molar-refractivity contribution in [2.75, 3.05) is 62.7 Å². The normalized spacial score (nSPS) is 24.2. The average Bonchev–Trinajstić information content (AvgIpc) is 3.48. The maximum atomic E-state index is 11.7. The van der Waals surface area contributed by atoms with Crippen LogP contribution in [0.2, 0.25) is 0 Å². The number of anilines is 2. The second-order valence-corrected chi connectivity index (χ2v) is 12.4. The van der Waals surface area contributed by atoms with Crippen molar-refractivity contribution in [2.24, 2.45) is 17.6 Å². The summed E-state index contributed by atoms with van der Waals surface area (Å²) in [5, 5.41) is 4.97. The minimum atomic E-state index is -0.219. The highest BCUT2D eigenvalue weighted by Gasteiger charge is 2.31. The molecule has 1 amide bonds. The molecule has 0 spiro atoms. The molecule has 8 nitrogen and oxygen atoms in total. The maximum absolute atomic E-state index is 11.7. The van der Waals surface area contributed by atoms with Crippen LogP contribution in [-0.4, -0.2) is 79.7 Å². The van der Waals surface area contributed by atoms with Gasteiger partial charge >= 0.3 is 0 Å². The summed E-state index contributed by atoms with van der Waals surface area (Å²) in [7, 11) is 2.28. The smallest absolute Gasteiger partial charge is 0.228 e. The third kappa shape index (κ3) is 5.48. The molecule has 2 atom stereocenters. The first kappa shape index (κ1) is 25.7. The highest BCUT2D eigenvalue weighted by Crippen LogP contribution is 2.38. The van der Waals surface area contributed by atoms with Crippen molar-refractivity contribution in [1.29, 1.82) is 0 Å². The van der Waals surface area contributed by atoms with Crippen molar-refractivity contribution in [3.8, 4) is 0 Å². The van der Waals surface area contributed by atoms with Crippen LogP contribution in [0, 0.1) is 25.7 Å². The third-order valence-corrected chi connectivity index (χ3v) is 9.90. The number of nitrogens with one attached hydrogen (secondary N) is 1. The first-order valence-electron chi connectivity index (χ1n) is 13.9. The molecule has 5 rings (SSSR count). The first-order chi connectivity index (χ1) is 17.4. The van der Waals surface area contributed by atoms with Crippen LogP contribution in [-0.2, 0) is 4.79 Å². The third-order valence-electron chi connectivity index (χ3n) is 8.79. The Balaban J connectivity index is 1.21. The maximum Gasteiger partial charge on any atom is 0.228 e. The van der Waals surface area contributed by atoms with Gasteiger partial charge in [-0.15, -0.1) is 11.3 Å². The Morgan fingerprint density at radius 3 is 2.56 bits per heavy atom. The standard InChI is InChI=1S/C27H43N7OS/c1-18-19(2)36-26-23(18)25(30-27(31-26)34-15-10-21(17-34)24(28)35)33-13-8-20(9-14-33)16-29-11-7-22-6-4-5-12-32(22)3/h20-22,29H,4-17H2,1-3H3,(H2,28,35). The molecule has 3 N–H and O–H groups in total. The topological polar surface area (TPSA) is 90.6 Å². The summed E-state index contributed by atoms with van der Waals surface area (Å²) in [4.78, 5) is 31.3. The number of thiophene rings is 1. The fraction of sp³-hybridized carbons (Fsp3) is 0.741. The number of amides is 1. The van der Waals surface area contributed by atoms with E-state index in [0.717, 1.165) is 67.7 Å². The van der Waals surface area contributed by atoms with Gasteiger partial charge in [-0.25, -0.2) is 4.98 Å². The molecule has 0 radical (unpaired) electrons. The van der Waals surface area contributed by atoms with E-state index in [0.29, 0.717) is 6.54 Å². The van der Waals surface area contributed by atoms with Crippen molar-refractivity contribution in [2.45, 2.75) is 64.8 Å². The highest BCUT2D eigenvalue weighted by molar-refractivity contribution is 7.18. The minimum absolute atomic E-state index is 0.110. The zero-order valence-electron chi connectivity index (χ0n) is 22.3. The van der Waals surface area contributed by atoms with Gasteiger partial charge in [0.25, 0.3) is 0 Å². The number of nitrogens with two attached hydrogens (primary N) is 1. The van der Waals surface area contributed by atoms with Gasteiger partial charge in [0.2, 0.25) is 11.9 Å². The summed E-state index contributed by atoms with van der Waals surface area (Å²) in [5.41, 5.74) is 6.88. The molecule has 198 valence electrons. The molecule has 3 fully saturated rings. The lowest BCUT2D eigenvalue weighted by atomic mass is 9.96. The predicted octanol–water partition coefficient (Wildman–Crippen LogP) is 3.30. The Labute approximate surface area is 219 Å². The molecule has 3 aliphatic heterocycles. The van der Waals surface area contributed by atoms with Crippen LogP contribution >= 0.6 is 11.3 Å². The van der Waals surface area contributed by atoms with Crippen LogP contribution in [0.1, 0.15) is 55.4 Å². The van der Waals surface area contributed by atoms with E-state index in [1.54, 1.807) is 11.3 Å². The van der Waals surface area contributed by atoms with E-state index in [1.807, 2.05) is 0 Å².